The van der Waals surface area contributed by atoms with E-state index in [9.17, 15) is 13.2 Å². The lowest BCUT2D eigenvalue weighted by Gasteiger charge is -2.24. The first kappa shape index (κ1) is 16.7. The number of hydrogen-bond donors (Lipinski definition) is 1. The molecule has 0 aliphatic carbocycles. The van der Waals surface area contributed by atoms with Gasteiger partial charge in [-0.1, -0.05) is 17.7 Å². The molecule has 2 heterocycles. The average molecular weight is 348 g/mol. The van der Waals surface area contributed by atoms with Gasteiger partial charge >= 0.3 is 0 Å². The Bertz CT molecular complexity index is 798. The quantitative estimate of drug-likeness (QED) is 0.898. The molecule has 1 saturated heterocycles. The Hall–Kier alpha value is -2.12. The Morgan fingerprint density at radius 3 is 2.71 bits per heavy atom. The summed E-state index contributed by atoms with van der Waals surface area (Å²) >= 11 is 0. The van der Waals surface area contributed by atoms with E-state index in [2.05, 4.69) is 5.32 Å². The lowest BCUT2D eigenvalue weighted by atomic mass is 10.2. The maximum absolute atomic E-state index is 12.8. The number of nitrogens with zero attached hydrogens (tertiary/aromatic N) is 1. The Morgan fingerprint density at radius 1 is 1.29 bits per heavy atom. The van der Waals surface area contributed by atoms with E-state index in [0.29, 0.717) is 6.54 Å². The second-order valence-corrected chi connectivity index (χ2v) is 7.80. The summed E-state index contributed by atoms with van der Waals surface area (Å²) in [6.45, 7) is 2.65. The number of sulfonamides is 1. The summed E-state index contributed by atoms with van der Waals surface area (Å²) in [5.74, 6) is -0.111. The molecule has 6 nitrogen and oxygen atoms in total. The van der Waals surface area contributed by atoms with Crippen molar-refractivity contribution >= 4 is 15.9 Å². The van der Waals surface area contributed by atoms with E-state index in [1.54, 1.807) is 36.4 Å². The average Bonchev–Trinajstić information content (AvgIpc) is 3.24. The molecule has 0 radical (unpaired) electrons. The molecule has 0 spiro atoms. The van der Waals surface area contributed by atoms with Crippen molar-refractivity contribution in [3.05, 3.63) is 54.0 Å². The molecule has 1 atom stereocenters. The van der Waals surface area contributed by atoms with Crippen LogP contribution >= 0.6 is 0 Å². The van der Waals surface area contributed by atoms with Crippen LogP contribution in [0.3, 0.4) is 0 Å². The maximum atomic E-state index is 12.8. The monoisotopic (exact) mass is 348 g/mol. The maximum Gasteiger partial charge on any atom is 0.287 e. The van der Waals surface area contributed by atoms with Crippen LogP contribution in [0.4, 0.5) is 0 Å². The molecule has 3 rings (SSSR count). The molecule has 7 heteroatoms. The number of rotatable bonds is 5. The SMILES string of the molecule is Cc1ccc(S(=O)(=O)N2CCC[C@H]2CNC(=O)c2ccco2)cc1. The fraction of sp³-hybridized carbons (Fsp3) is 0.353. The van der Waals surface area contributed by atoms with E-state index < -0.39 is 10.0 Å². The van der Waals surface area contributed by atoms with Crippen molar-refractivity contribution in [3.63, 3.8) is 0 Å². The second kappa shape index (κ2) is 6.78. The molecule has 24 heavy (non-hydrogen) atoms. The molecule has 1 aromatic heterocycles. The Labute approximate surface area is 141 Å². The largest absolute Gasteiger partial charge is 0.459 e. The van der Waals surface area contributed by atoms with Crippen molar-refractivity contribution in [1.82, 2.24) is 9.62 Å². The van der Waals surface area contributed by atoms with E-state index in [1.165, 1.54) is 10.6 Å². The van der Waals surface area contributed by atoms with Gasteiger partial charge in [-0.3, -0.25) is 4.79 Å². The van der Waals surface area contributed by atoms with Crippen LogP contribution in [0, 0.1) is 6.92 Å². The first-order chi connectivity index (χ1) is 11.5. The third-order valence-corrected chi connectivity index (χ3v) is 6.16. The minimum absolute atomic E-state index is 0.223. The van der Waals surface area contributed by atoms with Gasteiger partial charge in [0.15, 0.2) is 5.76 Å². The van der Waals surface area contributed by atoms with Crippen molar-refractivity contribution in [2.24, 2.45) is 0 Å². The number of aryl methyl sites for hydroxylation is 1. The van der Waals surface area contributed by atoms with Crippen LogP contribution in [0.1, 0.15) is 29.0 Å². The van der Waals surface area contributed by atoms with Crippen LogP contribution in [0.2, 0.25) is 0 Å². The molecular formula is C17H20N2O4S. The zero-order valence-corrected chi connectivity index (χ0v) is 14.3. The van der Waals surface area contributed by atoms with Gasteiger partial charge in [0.2, 0.25) is 10.0 Å². The minimum atomic E-state index is -3.55. The molecule has 0 unspecified atom stereocenters. The van der Waals surface area contributed by atoms with Crippen molar-refractivity contribution in [2.45, 2.75) is 30.7 Å². The van der Waals surface area contributed by atoms with Crippen LogP contribution in [-0.2, 0) is 10.0 Å². The number of furan rings is 1. The summed E-state index contributed by atoms with van der Waals surface area (Å²) < 4.78 is 32.2. The molecule has 1 amide bonds. The molecule has 128 valence electrons. The van der Waals surface area contributed by atoms with Gasteiger partial charge in [0, 0.05) is 19.1 Å². The highest BCUT2D eigenvalue weighted by atomic mass is 32.2. The fourth-order valence-electron chi connectivity index (χ4n) is 2.88. The van der Waals surface area contributed by atoms with Gasteiger partial charge in [0.1, 0.15) is 0 Å². The number of nitrogens with one attached hydrogen (secondary N) is 1. The van der Waals surface area contributed by atoms with Gasteiger partial charge in [0.05, 0.1) is 11.2 Å². The fourth-order valence-corrected chi connectivity index (χ4v) is 4.57. The van der Waals surface area contributed by atoms with Gasteiger partial charge in [-0.15, -0.1) is 0 Å². The van der Waals surface area contributed by atoms with Crippen molar-refractivity contribution in [2.75, 3.05) is 13.1 Å². The molecule has 1 fully saturated rings. The van der Waals surface area contributed by atoms with Crippen LogP contribution in [-0.4, -0.2) is 37.8 Å². The number of benzene rings is 1. The van der Waals surface area contributed by atoms with E-state index in [4.69, 9.17) is 4.42 Å². The topological polar surface area (TPSA) is 79.6 Å². The first-order valence-corrected chi connectivity index (χ1v) is 9.33. The zero-order chi connectivity index (χ0) is 17.2. The molecule has 2 aromatic rings. The van der Waals surface area contributed by atoms with E-state index in [1.807, 2.05) is 6.92 Å². The highest BCUT2D eigenvalue weighted by Crippen LogP contribution is 2.26. The molecule has 0 bridgehead atoms. The highest BCUT2D eigenvalue weighted by molar-refractivity contribution is 7.89. The van der Waals surface area contributed by atoms with Crippen LogP contribution in [0.15, 0.2) is 52.0 Å². The molecule has 1 aromatic carbocycles. The predicted octanol–water partition coefficient (Wildman–Crippen LogP) is 2.17. The summed E-state index contributed by atoms with van der Waals surface area (Å²) in [5, 5.41) is 2.75. The van der Waals surface area contributed by atoms with E-state index in [0.717, 1.165) is 18.4 Å². The van der Waals surface area contributed by atoms with Gasteiger partial charge in [-0.2, -0.15) is 4.31 Å². The van der Waals surface area contributed by atoms with Gasteiger partial charge in [-0.25, -0.2) is 8.42 Å². The molecular weight excluding hydrogens is 328 g/mol. The normalized spacial score (nSPS) is 18.6. The van der Waals surface area contributed by atoms with Crippen LogP contribution in [0.5, 0.6) is 0 Å². The Kier molecular flexibility index (Phi) is 4.73. The summed E-state index contributed by atoms with van der Waals surface area (Å²) in [7, 11) is -3.55. The first-order valence-electron chi connectivity index (χ1n) is 7.89. The lowest BCUT2D eigenvalue weighted by Crippen LogP contribution is -2.43. The third kappa shape index (κ3) is 3.37. The third-order valence-electron chi connectivity index (χ3n) is 4.19. The van der Waals surface area contributed by atoms with E-state index >= 15 is 0 Å². The van der Waals surface area contributed by atoms with Gasteiger partial charge in [0.25, 0.3) is 5.91 Å². The van der Waals surface area contributed by atoms with Crippen molar-refractivity contribution in [1.29, 1.82) is 0 Å². The standard InChI is InChI=1S/C17H20N2O4S/c1-13-6-8-15(9-7-13)24(21,22)19-10-2-4-14(19)12-18-17(20)16-5-3-11-23-16/h3,5-9,11,14H,2,4,10,12H2,1H3,(H,18,20)/t14-/m0/s1. The Morgan fingerprint density at radius 2 is 2.04 bits per heavy atom. The predicted molar refractivity (Wildman–Crippen MR) is 89.1 cm³/mol. The zero-order valence-electron chi connectivity index (χ0n) is 13.4. The summed E-state index contributed by atoms with van der Waals surface area (Å²) in [6.07, 6.45) is 2.94. The molecule has 1 N–H and O–H groups in total. The number of carbonyl (C=O) groups excluding carboxylic acids is 1. The van der Waals surface area contributed by atoms with E-state index in [-0.39, 0.29) is 29.1 Å². The molecule has 1 aliphatic heterocycles. The summed E-state index contributed by atoms with van der Waals surface area (Å²) in [5.41, 5.74) is 1.01. The van der Waals surface area contributed by atoms with Crippen LogP contribution < -0.4 is 5.32 Å². The lowest BCUT2D eigenvalue weighted by molar-refractivity contribution is 0.0919. The summed E-state index contributed by atoms with van der Waals surface area (Å²) in [4.78, 5) is 12.2. The highest BCUT2D eigenvalue weighted by Gasteiger charge is 2.35. The van der Waals surface area contributed by atoms with Gasteiger partial charge in [-0.05, 0) is 44.0 Å². The number of hydrogen-bond acceptors (Lipinski definition) is 4. The van der Waals surface area contributed by atoms with Crippen molar-refractivity contribution < 1.29 is 17.6 Å². The number of amides is 1. The second-order valence-electron chi connectivity index (χ2n) is 5.91. The van der Waals surface area contributed by atoms with Crippen LogP contribution in [0.25, 0.3) is 0 Å². The van der Waals surface area contributed by atoms with Crippen molar-refractivity contribution in [3.8, 4) is 0 Å². The molecule has 0 saturated carbocycles. The summed E-state index contributed by atoms with van der Waals surface area (Å²) in [6, 6.07) is 9.80. The molecule has 1 aliphatic rings. The van der Waals surface area contributed by atoms with Gasteiger partial charge < -0.3 is 9.73 Å². The minimum Gasteiger partial charge on any atom is -0.459 e. The number of carbonyl (C=O) groups is 1. The smallest absolute Gasteiger partial charge is 0.287 e. The Balaban J connectivity index is 1.70.